The van der Waals surface area contributed by atoms with Gasteiger partial charge >= 0.3 is 0 Å². The summed E-state index contributed by atoms with van der Waals surface area (Å²) >= 11 is 0. The molecule has 2 aliphatic heterocycles. The van der Waals surface area contributed by atoms with Gasteiger partial charge in [0.25, 0.3) is 0 Å². The van der Waals surface area contributed by atoms with Crippen molar-refractivity contribution in [1.82, 2.24) is 29.4 Å². The zero-order valence-corrected chi connectivity index (χ0v) is 19.8. The Morgan fingerprint density at radius 2 is 1.69 bits per heavy atom. The fourth-order valence-corrected chi connectivity index (χ4v) is 6.07. The molecule has 2 aromatic carbocycles. The molecule has 5 rings (SSSR count). The molecule has 35 heavy (non-hydrogen) atoms. The average Bonchev–Trinajstić information content (AvgIpc) is 3.44. The highest BCUT2D eigenvalue weighted by Gasteiger charge is 2.34. The predicted molar refractivity (Wildman–Crippen MR) is 126 cm³/mol. The number of carbonyl (C=O) groups excluding carboxylic acids is 1. The lowest BCUT2D eigenvalue weighted by Crippen LogP contribution is -2.45. The van der Waals surface area contributed by atoms with Crippen LogP contribution in [0.1, 0.15) is 24.8 Å². The minimum absolute atomic E-state index is 0.0715. The van der Waals surface area contributed by atoms with Crippen molar-refractivity contribution in [2.24, 2.45) is 5.92 Å². The molecule has 9 nitrogen and oxygen atoms in total. The van der Waals surface area contributed by atoms with E-state index in [1.165, 1.54) is 27.4 Å². The third-order valence-electron chi connectivity index (χ3n) is 6.63. The smallest absolute Gasteiger partial charge is 0.243 e. The second-order valence-corrected chi connectivity index (χ2v) is 10.6. The summed E-state index contributed by atoms with van der Waals surface area (Å²) in [5, 5.41) is 11.0. The van der Waals surface area contributed by atoms with Crippen molar-refractivity contribution in [3.8, 4) is 5.69 Å². The Bertz CT molecular complexity index is 1320. The first-order chi connectivity index (χ1) is 16.9. The second-order valence-electron chi connectivity index (χ2n) is 8.70. The molecule has 182 valence electrons. The maximum Gasteiger partial charge on any atom is 0.243 e. The van der Waals surface area contributed by atoms with Gasteiger partial charge in [-0.25, -0.2) is 17.5 Å². The van der Waals surface area contributed by atoms with Crippen LogP contribution in [-0.4, -0.2) is 69.9 Å². The first kappa shape index (κ1) is 23.3. The van der Waals surface area contributed by atoms with E-state index in [4.69, 9.17) is 0 Å². The van der Waals surface area contributed by atoms with Gasteiger partial charge in [0.05, 0.1) is 10.6 Å². The van der Waals surface area contributed by atoms with Crippen molar-refractivity contribution in [2.75, 3.05) is 26.2 Å². The highest BCUT2D eigenvalue weighted by atomic mass is 32.2. The minimum atomic E-state index is -3.65. The van der Waals surface area contributed by atoms with E-state index in [1.54, 1.807) is 36.4 Å². The zero-order chi connectivity index (χ0) is 24.4. The SMILES string of the molecule is O=C(C1CCN(S(=O)(=O)c2ccc(-n3cnnn3)cc2)CC1)N1CC=C(c2ccc(F)cc2)CC1. The van der Waals surface area contributed by atoms with Crippen molar-refractivity contribution in [3.05, 3.63) is 72.3 Å². The molecule has 1 saturated heterocycles. The Morgan fingerprint density at radius 3 is 2.29 bits per heavy atom. The van der Waals surface area contributed by atoms with Crippen LogP contribution < -0.4 is 0 Å². The van der Waals surface area contributed by atoms with Crippen LogP contribution in [0.25, 0.3) is 11.3 Å². The third-order valence-corrected chi connectivity index (χ3v) is 8.54. The van der Waals surface area contributed by atoms with E-state index in [0.717, 1.165) is 11.1 Å². The van der Waals surface area contributed by atoms with E-state index in [-0.39, 0.29) is 22.5 Å². The van der Waals surface area contributed by atoms with E-state index in [0.29, 0.717) is 51.1 Å². The normalized spacial score (nSPS) is 17.9. The molecule has 0 unspecified atom stereocenters. The molecular weight excluding hydrogens is 471 g/mol. The fraction of sp³-hybridized carbons (Fsp3) is 0.333. The molecule has 1 fully saturated rings. The van der Waals surface area contributed by atoms with Gasteiger partial charge in [-0.3, -0.25) is 4.79 Å². The van der Waals surface area contributed by atoms with Gasteiger partial charge < -0.3 is 4.90 Å². The molecule has 2 aliphatic rings. The lowest BCUT2D eigenvalue weighted by atomic mass is 9.94. The summed E-state index contributed by atoms with van der Waals surface area (Å²) in [6.45, 7) is 1.72. The second kappa shape index (κ2) is 9.67. The number of carbonyl (C=O) groups is 1. The number of rotatable bonds is 5. The Morgan fingerprint density at radius 1 is 0.971 bits per heavy atom. The van der Waals surface area contributed by atoms with Crippen molar-refractivity contribution >= 4 is 21.5 Å². The van der Waals surface area contributed by atoms with E-state index < -0.39 is 10.0 Å². The quantitative estimate of drug-likeness (QED) is 0.538. The van der Waals surface area contributed by atoms with E-state index in [1.807, 2.05) is 11.0 Å². The maximum atomic E-state index is 13.2. The number of halogens is 1. The van der Waals surface area contributed by atoms with E-state index in [2.05, 4.69) is 15.5 Å². The number of amides is 1. The Labute approximate surface area is 202 Å². The number of piperidine rings is 1. The molecule has 0 aliphatic carbocycles. The highest BCUT2D eigenvalue weighted by molar-refractivity contribution is 7.89. The van der Waals surface area contributed by atoms with Crippen LogP contribution in [0, 0.1) is 11.7 Å². The Hall–Kier alpha value is -3.44. The Balaban J connectivity index is 1.18. The summed E-state index contributed by atoms with van der Waals surface area (Å²) in [5.74, 6) is -0.386. The van der Waals surface area contributed by atoms with Crippen molar-refractivity contribution in [3.63, 3.8) is 0 Å². The molecule has 0 radical (unpaired) electrons. The van der Waals surface area contributed by atoms with Crippen LogP contribution in [0.15, 0.2) is 65.8 Å². The molecule has 3 heterocycles. The number of nitrogens with zero attached hydrogens (tertiary/aromatic N) is 6. The summed E-state index contributed by atoms with van der Waals surface area (Å²) < 4.78 is 42.3. The number of hydrogen-bond donors (Lipinski definition) is 0. The average molecular weight is 497 g/mol. The maximum absolute atomic E-state index is 13.2. The van der Waals surface area contributed by atoms with Crippen molar-refractivity contribution < 1.29 is 17.6 Å². The van der Waals surface area contributed by atoms with Gasteiger partial charge in [-0.1, -0.05) is 18.2 Å². The molecule has 0 spiro atoms. The Kier molecular flexibility index (Phi) is 6.44. The fourth-order valence-electron chi connectivity index (χ4n) is 4.60. The first-order valence-corrected chi connectivity index (χ1v) is 12.9. The van der Waals surface area contributed by atoms with Crippen LogP contribution in [-0.2, 0) is 14.8 Å². The van der Waals surface area contributed by atoms with Crippen LogP contribution in [0.4, 0.5) is 4.39 Å². The minimum Gasteiger partial charge on any atom is -0.338 e. The van der Waals surface area contributed by atoms with Gasteiger partial charge in [0.15, 0.2) is 0 Å². The summed E-state index contributed by atoms with van der Waals surface area (Å²) in [4.78, 5) is 15.1. The van der Waals surface area contributed by atoms with E-state index >= 15 is 0 Å². The third kappa shape index (κ3) is 4.87. The van der Waals surface area contributed by atoms with Gasteiger partial charge in [-0.2, -0.15) is 4.31 Å². The molecule has 0 saturated carbocycles. The molecule has 0 N–H and O–H groups in total. The van der Waals surface area contributed by atoms with Crippen LogP contribution >= 0.6 is 0 Å². The summed E-state index contributed by atoms with van der Waals surface area (Å²) in [7, 11) is -3.65. The monoisotopic (exact) mass is 496 g/mol. The molecule has 1 amide bonds. The lowest BCUT2D eigenvalue weighted by molar-refractivity contribution is -0.136. The number of aromatic nitrogens is 4. The molecule has 0 atom stereocenters. The zero-order valence-electron chi connectivity index (χ0n) is 19.0. The number of sulfonamides is 1. The predicted octanol–water partition coefficient (Wildman–Crippen LogP) is 2.52. The van der Waals surface area contributed by atoms with Crippen molar-refractivity contribution in [1.29, 1.82) is 0 Å². The molecule has 1 aromatic heterocycles. The number of tetrazole rings is 1. The van der Waals surface area contributed by atoms with Crippen LogP contribution in [0.5, 0.6) is 0 Å². The molecule has 3 aromatic rings. The van der Waals surface area contributed by atoms with Crippen LogP contribution in [0.3, 0.4) is 0 Å². The summed E-state index contributed by atoms with van der Waals surface area (Å²) in [5.41, 5.74) is 2.75. The lowest BCUT2D eigenvalue weighted by Gasteiger charge is -2.35. The van der Waals surface area contributed by atoms with Crippen molar-refractivity contribution in [2.45, 2.75) is 24.2 Å². The number of hydrogen-bond acceptors (Lipinski definition) is 6. The molecular formula is C24H25FN6O3S. The standard InChI is InChI=1S/C24H25FN6O3S/c25-21-3-1-18(2-4-21)19-9-13-29(14-10-19)24(32)20-11-15-30(16-12-20)35(33,34)23-7-5-22(6-8-23)31-17-26-27-28-31/h1-9,17,20H,10-16H2. The largest absolute Gasteiger partial charge is 0.338 e. The molecule has 11 heteroatoms. The van der Waals surface area contributed by atoms with Gasteiger partial charge in [-0.05, 0) is 77.2 Å². The van der Waals surface area contributed by atoms with Gasteiger partial charge in [-0.15, -0.1) is 5.10 Å². The van der Waals surface area contributed by atoms with E-state index in [9.17, 15) is 17.6 Å². The van der Waals surface area contributed by atoms with Gasteiger partial charge in [0.1, 0.15) is 12.1 Å². The molecule has 0 bridgehead atoms. The highest BCUT2D eigenvalue weighted by Crippen LogP contribution is 2.28. The van der Waals surface area contributed by atoms with Gasteiger partial charge in [0.2, 0.25) is 15.9 Å². The van der Waals surface area contributed by atoms with Crippen LogP contribution in [0.2, 0.25) is 0 Å². The topological polar surface area (TPSA) is 101 Å². The first-order valence-electron chi connectivity index (χ1n) is 11.5. The summed E-state index contributed by atoms with van der Waals surface area (Å²) in [6.07, 6.45) is 5.16. The number of benzene rings is 2. The summed E-state index contributed by atoms with van der Waals surface area (Å²) in [6, 6.07) is 12.8. The van der Waals surface area contributed by atoms with Gasteiger partial charge in [0, 0.05) is 32.1 Å².